The zero-order valence-electron chi connectivity index (χ0n) is 13.3. The van der Waals surface area contributed by atoms with Crippen molar-refractivity contribution in [3.05, 3.63) is 16.5 Å². The molecular formula is C16H26ClN3. The standard InChI is InChI=1S/C16H26ClN3/c1-11-14(17)18-12(2)19-15(11)20-9-6-7-13(8-10-20)16(3,4)5/h13H,6-10H2,1-5H3. The molecule has 1 aromatic heterocycles. The van der Waals surface area contributed by atoms with E-state index in [1.807, 2.05) is 13.8 Å². The molecule has 1 aliphatic rings. The fraction of sp³-hybridized carbons (Fsp3) is 0.750. The summed E-state index contributed by atoms with van der Waals surface area (Å²) in [6, 6.07) is 0. The Kier molecular flexibility index (Phi) is 4.58. The van der Waals surface area contributed by atoms with Gasteiger partial charge in [0.25, 0.3) is 0 Å². The second-order valence-corrected chi connectivity index (χ2v) is 7.35. The summed E-state index contributed by atoms with van der Waals surface area (Å²) in [5, 5.41) is 0.587. The highest BCUT2D eigenvalue weighted by Gasteiger charge is 2.28. The number of halogens is 1. The van der Waals surface area contributed by atoms with Crippen LogP contribution in [0.5, 0.6) is 0 Å². The van der Waals surface area contributed by atoms with Gasteiger partial charge in [-0.1, -0.05) is 32.4 Å². The Hall–Kier alpha value is -0.830. The maximum atomic E-state index is 6.20. The largest absolute Gasteiger partial charge is 0.356 e. The van der Waals surface area contributed by atoms with Gasteiger partial charge in [0, 0.05) is 18.7 Å². The fourth-order valence-corrected chi connectivity index (χ4v) is 3.27. The highest BCUT2D eigenvalue weighted by atomic mass is 35.5. The van der Waals surface area contributed by atoms with E-state index in [2.05, 4.69) is 35.6 Å². The average molecular weight is 296 g/mol. The molecule has 1 saturated heterocycles. The molecule has 0 aromatic carbocycles. The number of aryl methyl sites for hydroxylation is 1. The van der Waals surface area contributed by atoms with Crippen molar-refractivity contribution in [1.29, 1.82) is 0 Å². The van der Waals surface area contributed by atoms with Crippen molar-refractivity contribution < 1.29 is 0 Å². The average Bonchev–Trinajstić information content (AvgIpc) is 2.58. The van der Waals surface area contributed by atoms with Gasteiger partial charge in [-0.05, 0) is 44.4 Å². The first-order valence-corrected chi connectivity index (χ1v) is 7.92. The Labute approximate surface area is 127 Å². The summed E-state index contributed by atoms with van der Waals surface area (Å²) in [5.74, 6) is 2.57. The Morgan fingerprint density at radius 2 is 1.80 bits per heavy atom. The van der Waals surface area contributed by atoms with E-state index in [9.17, 15) is 0 Å². The highest BCUT2D eigenvalue weighted by Crippen LogP contribution is 2.35. The zero-order chi connectivity index (χ0) is 14.9. The molecule has 1 atom stereocenters. The summed E-state index contributed by atoms with van der Waals surface area (Å²) in [4.78, 5) is 11.2. The maximum Gasteiger partial charge on any atom is 0.137 e. The molecule has 1 unspecified atom stereocenters. The molecule has 2 rings (SSSR count). The minimum absolute atomic E-state index is 0.393. The quantitative estimate of drug-likeness (QED) is 0.719. The summed E-state index contributed by atoms with van der Waals surface area (Å²) in [5.41, 5.74) is 1.40. The van der Waals surface area contributed by atoms with Gasteiger partial charge in [0.15, 0.2) is 0 Å². The molecule has 0 spiro atoms. The highest BCUT2D eigenvalue weighted by molar-refractivity contribution is 6.30. The minimum Gasteiger partial charge on any atom is -0.356 e. The Bertz CT molecular complexity index is 479. The SMILES string of the molecule is Cc1nc(Cl)c(C)c(N2CCCC(C(C)(C)C)CC2)n1. The van der Waals surface area contributed by atoms with Crippen molar-refractivity contribution in [2.24, 2.45) is 11.3 Å². The lowest BCUT2D eigenvalue weighted by Crippen LogP contribution is -2.28. The summed E-state index contributed by atoms with van der Waals surface area (Å²) in [6.07, 6.45) is 3.75. The first kappa shape index (κ1) is 15.6. The van der Waals surface area contributed by atoms with E-state index in [1.165, 1.54) is 19.3 Å². The van der Waals surface area contributed by atoms with Gasteiger partial charge >= 0.3 is 0 Å². The van der Waals surface area contributed by atoms with Crippen molar-refractivity contribution >= 4 is 17.4 Å². The summed E-state index contributed by atoms with van der Waals surface area (Å²) in [6.45, 7) is 13.1. The smallest absolute Gasteiger partial charge is 0.137 e. The predicted octanol–water partition coefficient (Wildman–Crippen LogP) is 4.40. The van der Waals surface area contributed by atoms with Crippen molar-refractivity contribution in [2.45, 2.75) is 53.9 Å². The van der Waals surface area contributed by atoms with Crippen LogP contribution in [0.1, 0.15) is 51.4 Å². The van der Waals surface area contributed by atoms with E-state index in [0.717, 1.165) is 36.2 Å². The maximum absolute atomic E-state index is 6.20. The third-order valence-corrected chi connectivity index (χ3v) is 4.79. The molecule has 112 valence electrons. The van der Waals surface area contributed by atoms with E-state index in [-0.39, 0.29) is 0 Å². The Balaban J connectivity index is 2.19. The van der Waals surface area contributed by atoms with Crippen molar-refractivity contribution in [1.82, 2.24) is 9.97 Å². The topological polar surface area (TPSA) is 29.0 Å². The lowest BCUT2D eigenvalue weighted by molar-refractivity contribution is 0.220. The van der Waals surface area contributed by atoms with Crippen LogP contribution in [0.15, 0.2) is 0 Å². The molecule has 1 fully saturated rings. The van der Waals surface area contributed by atoms with Gasteiger partial charge in [0.05, 0.1) is 0 Å². The first-order chi connectivity index (χ1) is 9.29. The molecule has 1 aliphatic heterocycles. The predicted molar refractivity (Wildman–Crippen MR) is 85.5 cm³/mol. The monoisotopic (exact) mass is 295 g/mol. The van der Waals surface area contributed by atoms with Crippen LogP contribution in [0.25, 0.3) is 0 Å². The van der Waals surface area contributed by atoms with Crippen molar-refractivity contribution in [3.63, 3.8) is 0 Å². The lowest BCUT2D eigenvalue weighted by atomic mass is 9.77. The van der Waals surface area contributed by atoms with Crippen LogP contribution in [0.4, 0.5) is 5.82 Å². The molecule has 1 aromatic rings. The van der Waals surface area contributed by atoms with Gasteiger partial charge in [0.1, 0.15) is 16.8 Å². The van der Waals surface area contributed by atoms with Crippen LogP contribution in [0.3, 0.4) is 0 Å². The van der Waals surface area contributed by atoms with Crippen LogP contribution in [0.2, 0.25) is 5.15 Å². The molecule has 0 N–H and O–H groups in total. The Morgan fingerprint density at radius 1 is 1.10 bits per heavy atom. The lowest BCUT2D eigenvalue weighted by Gasteiger charge is -2.30. The molecule has 2 heterocycles. The van der Waals surface area contributed by atoms with E-state index < -0.39 is 0 Å². The molecule has 0 amide bonds. The van der Waals surface area contributed by atoms with E-state index in [4.69, 9.17) is 11.6 Å². The van der Waals surface area contributed by atoms with Gasteiger partial charge in [-0.15, -0.1) is 0 Å². The van der Waals surface area contributed by atoms with Crippen LogP contribution in [-0.2, 0) is 0 Å². The number of hydrogen-bond donors (Lipinski definition) is 0. The second kappa shape index (κ2) is 5.88. The Morgan fingerprint density at radius 3 is 2.45 bits per heavy atom. The molecule has 4 heteroatoms. The number of anilines is 1. The number of nitrogens with zero attached hydrogens (tertiary/aromatic N) is 3. The number of rotatable bonds is 1. The van der Waals surface area contributed by atoms with Crippen LogP contribution in [-0.4, -0.2) is 23.1 Å². The molecule has 3 nitrogen and oxygen atoms in total. The minimum atomic E-state index is 0.393. The molecular weight excluding hydrogens is 270 g/mol. The van der Waals surface area contributed by atoms with Crippen LogP contribution < -0.4 is 4.90 Å². The normalized spacial score (nSPS) is 20.9. The molecule has 20 heavy (non-hydrogen) atoms. The third kappa shape index (κ3) is 3.43. The molecule has 0 bridgehead atoms. The number of aromatic nitrogens is 2. The zero-order valence-corrected chi connectivity index (χ0v) is 14.1. The van der Waals surface area contributed by atoms with Gasteiger partial charge < -0.3 is 4.90 Å². The van der Waals surface area contributed by atoms with Gasteiger partial charge in [-0.3, -0.25) is 0 Å². The number of hydrogen-bond acceptors (Lipinski definition) is 3. The fourth-order valence-electron chi connectivity index (χ4n) is 3.06. The van der Waals surface area contributed by atoms with Crippen molar-refractivity contribution in [2.75, 3.05) is 18.0 Å². The molecule has 0 saturated carbocycles. The van der Waals surface area contributed by atoms with Crippen molar-refractivity contribution in [3.8, 4) is 0 Å². The summed E-state index contributed by atoms with van der Waals surface area (Å²) < 4.78 is 0. The second-order valence-electron chi connectivity index (χ2n) is 6.99. The third-order valence-electron chi connectivity index (χ3n) is 4.42. The molecule has 0 radical (unpaired) electrons. The van der Waals surface area contributed by atoms with Gasteiger partial charge in [-0.2, -0.15) is 0 Å². The van der Waals surface area contributed by atoms with Crippen LogP contribution >= 0.6 is 11.6 Å². The van der Waals surface area contributed by atoms with Gasteiger partial charge in [-0.25, -0.2) is 9.97 Å². The first-order valence-electron chi connectivity index (χ1n) is 7.54. The summed E-state index contributed by atoms with van der Waals surface area (Å²) >= 11 is 6.20. The van der Waals surface area contributed by atoms with E-state index >= 15 is 0 Å². The van der Waals surface area contributed by atoms with Gasteiger partial charge in [0.2, 0.25) is 0 Å². The summed E-state index contributed by atoms with van der Waals surface area (Å²) in [7, 11) is 0. The van der Waals surface area contributed by atoms with E-state index in [1.54, 1.807) is 0 Å². The van der Waals surface area contributed by atoms with E-state index in [0.29, 0.717) is 10.6 Å². The van der Waals surface area contributed by atoms with Crippen LogP contribution in [0, 0.1) is 25.2 Å². The molecule has 0 aliphatic carbocycles.